The summed E-state index contributed by atoms with van der Waals surface area (Å²) in [6.45, 7) is 1.98. The van der Waals surface area contributed by atoms with Crippen LogP contribution in [0, 0.1) is 0 Å². The van der Waals surface area contributed by atoms with Crippen LogP contribution < -0.4 is 5.32 Å². The van der Waals surface area contributed by atoms with E-state index in [2.05, 4.69) is 5.32 Å². The molecule has 0 spiro atoms. The van der Waals surface area contributed by atoms with Gasteiger partial charge in [0.25, 0.3) is 5.91 Å². The van der Waals surface area contributed by atoms with Gasteiger partial charge in [0.1, 0.15) is 0 Å². The maximum absolute atomic E-state index is 11.6. The summed E-state index contributed by atoms with van der Waals surface area (Å²) in [5.74, 6) is -0.148. The molecule has 1 amide bonds. The number of hydrogen-bond acceptors (Lipinski definition) is 3. The molecule has 4 heteroatoms. The summed E-state index contributed by atoms with van der Waals surface area (Å²) in [6, 6.07) is 8.93. The molecule has 3 N–H and O–H groups in total. The summed E-state index contributed by atoms with van der Waals surface area (Å²) in [5, 5.41) is 21.3. The maximum atomic E-state index is 11.6. The summed E-state index contributed by atoms with van der Waals surface area (Å²) >= 11 is 0. The quantitative estimate of drug-likeness (QED) is 0.689. The van der Waals surface area contributed by atoms with Gasteiger partial charge in [0.2, 0.25) is 0 Å². The zero-order valence-corrected chi connectivity index (χ0v) is 10.0. The minimum absolute atomic E-state index is 0.0559. The number of nitrogens with one attached hydrogen (secondary N) is 1. The molecule has 0 aliphatic rings. The fourth-order valence-corrected chi connectivity index (χ4v) is 1.50. The average Bonchev–Trinajstić information content (AvgIpc) is 2.29. The third-order valence-corrected chi connectivity index (χ3v) is 2.64. The second-order valence-electron chi connectivity index (χ2n) is 4.34. The summed E-state index contributed by atoms with van der Waals surface area (Å²) in [4.78, 5) is 11.6. The predicted molar refractivity (Wildman–Crippen MR) is 65.7 cm³/mol. The Kier molecular flexibility index (Phi) is 5.12. The molecule has 4 nitrogen and oxygen atoms in total. The van der Waals surface area contributed by atoms with Gasteiger partial charge < -0.3 is 15.5 Å². The van der Waals surface area contributed by atoms with Gasteiger partial charge in [-0.3, -0.25) is 4.79 Å². The molecule has 1 aromatic rings. The number of aliphatic hydroxyl groups excluding tert-OH is 1. The molecule has 0 aromatic heterocycles. The zero-order chi connectivity index (χ0) is 12.7. The van der Waals surface area contributed by atoms with E-state index in [4.69, 9.17) is 5.11 Å². The number of benzene rings is 1. The monoisotopic (exact) mass is 237 g/mol. The highest BCUT2D eigenvalue weighted by atomic mass is 16.3. The van der Waals surface area contributed by atoms with Gasteiger partial charge in [0.05, 0.1) is 5.60 Å². The molecule has 17 heavy (non-hydrogen) atoms. The second kappa shape index (κ2) is 6.37. The van der Waals surface area contributed by atoms with E-state index in [0.29, 0.717) is 24.9 Å². The smallest absolute Gasteiger partial charge is 0.251 e. The standard InChI is InChI=1S/C13H19NO3/c1-13(17,8-10-15)7-9-14-12(16)11-5-3-2-4-6-11/h2-6,15,17H,7-10H2,1H3,(H,14,16). The van der Waals surface area contributed by atoms with Crippen LogP contribution in [0.15, 0.2) is 30.3 Å². The van der Waals surface area contributed by atoms with Crippen LogP contribution in [0.4, 0.5) is 0 Å². The lowest BCUT2D eigenvalue weighted by Gasteiger charge is -2.22. The van der Waals surface area contributed by atoms with Crippen LogP contribution in [0.3, 0.4) is 0 Å². The van der Waals surface area contributed by atoms with Crippen LogP contribution in [0.25, 0.3) is 0 Å². The fraction of sp³-hybridized carbons (Fsp3) is 0.462. The summed E-state index contributed by atoms with van der Waals surface area (Å²) in [6.07, 6.45) is 0.736. The molecule has 0 aliphatic carbocycles. The van der Waals surface area contributed by atoms with Crippen molar-refractivity contribution >= 4 is 5.91 Å². The molecule has 94 valence electrons. The third kappa shape index (κ3) is 4.97. The predicted octanol–water partition coefficient (Wildman–Crippen LogP) is 0.940. The van der Waals surface area contributed by atoms with E-state index in [1.807, 2.05) is 6.07 Å². The molecule has 0 fully saturated rings. The van der Waals surface area contributed by atoms with Crippen LogP contribution in [0.1, 0.15) is 30.1 Å². The number of rotatable bonds is 6. The minimum atomic E-state index is -0.932. The van der Waals surface area contributed by atoms with Crippen molar-refractivity contribution in [2.24, 2.45) is 0 Å². The molecule has 1 unspecified atom stereocenters. The molecule has 0 saturated carbocycles. The normalized spacial score (nSPS) is 14.1. The minimum Gasteiger partial charge on any atom is -0.396 e. The van der Waals surface area contributed by atoms with E-state index >= 15 is 0 Å². The number of amides is 1. The number of carbonyl (C=O) groups excluding carboxylic acids is 1. The first-order chi connectivity index (χ1) is 8.05. The highest BCUT2D eigenvalue weighted by molar-refractivity contribution is 5.94. The number of hydrogen-bond donors (Lipinski definition) is 3. The molecular weight excluding hydrogens is 218 g/mol. The van der Waals surface area contributed by atoms with Gasteiger partial charge in [0, 0.05) is 18.7 Å². The van der Waals surface area contributed by atoms with E-state index in [-0.39, 0.29) is 12.5 Å². The molecule has 0 heterocycles. The lowest BCUT2D eigenvalue weighted by Crippen LogP contribution is -2.33. The topological polar surface area (TPSA) is 69.6 Å². The van der Waals surface area contributed by atoms with Gasteiger partial charge in [-0.2, -0.15) is 0 Å². The Labute approximate surface area is 101 Å². The van der Waals surface area contributed by atoms with Crippen molar-refractivity contribution in [2.45, 2.75) is 25.4 Å². The fourth-order valence-electron chi connectivity index (χ4n) is 1.50. The second-order valence-corrected chi connectivity index (χ2v) is 4.34. The first-order valence-electron chi connectivity index (χ1n) is 5.72. The molecule has 0 radical (unpaired) electrons. The Morgan fingerprint density at radius 3 is 2.53 bits per heavy atom. The summed E-state index contributed by atoms with van der Waals surface area (Å²) in [7, 11) is 0. The number of aliphatic hydroxyl groups is 2. The molecule has 1 aromatic carbocycles. The van der Waals surface area contributed by atoms with Gasteiger partial charge in [-0.1, -0.05) is 18.2 Å². The van der Waals surface area contributed by atoms with Crippen LogP contribution >= 0.6 is 0 Å². The van der Waals surface area contributed by atoms with Gasteiger partial charge >= 0.3 is 0 Å². The molecular formula is C13H19NO3. The number of carbonyl (C=O) groups is 1. The highest BCUT2D eigenvalue weighted by Gasteiger charge is 2.19. The largest absolute Gasteiger partial charge is 0.396 e. The lowest BCUT2D eigenvalue weighted by atomic mass is 9.99. The Bertz CT molecular complexity index is 349. The maximum Gasteiger partial charge on any atom is 0.251 e. The van der Waals surface area contributed by atoms with Crippen molar-refractivity contribution in [3.8, 4) is 0 Å². The third-order valence-electron chi connectivity index (χ3n) is 2.64. The van der Waals surface area contributed by atoms with Crippen molar-refractivity contribution < 1.29 is 15.0 Å². The van der Waals surface area contributed by atoms with Crippen molar-refractivity contribution in [3.05, 3.63) is 35.9 Å². The SMILES string of the molecule is CC(O)(CCO)CCNC(=O)c1ccccc1. The van der Waals surface area contributed by atoms with Gasteiger partial charge in [-0.05, 0) is 31.9 Å². The average molecular weight is 237 g/mol. The molecule has 0 aliphatic heterocycles. The van der Waals surface area contributed by atoms with Gasteiger partial charge in [-0.15, -0.1) is 0 Å². The van der Waals surface area contributed by atoms with Crippen LogP contribution in [0.5, 0.6) is 0 Å². The van der Waals surface area contributed by atoms with Crippen molar-refractivity contribution in [3.63, 3.8) is 0 Å². The Balaban J connectivity index is 2.35. The Morgan fingerprint density at radius 1 is 1.29 bits per heavy atom. The van der Waals surface area contributed by atoms with E-state index in [1.54, 1.807) is 31.2 Å². The van der Waals surface area contributed by atoms with Crippen molar-refractivity contribution in [1.82, 2.24) is 5.32 Å². The first-order valence-corrected chi connectivity index (χ1v) is 5.72. The molecule has 1 atom stereocenters. The molecule has 1 rings (SSSR count). The highest BCUT2D eigenvalue weighted by Crippen LogP contribution is 2.12. The lowest BCUT2D eigenvalue weighted by molar-refractivity contribution is 0.0260. The van der Waals surface area contributed by atoms with E-state index in [0.717, 1.165) is 0 Å². The van der Waals surface area contributed by atoms with Crippen molar-refractivity contribution in [2.75, 3.05) is 13.2 Å². The zero-order valence-electron chi connectivity index (χ0n) is 10.0. The first kappa shape index (κ1) is 13.7. The molecule has 0 saturated heterocycles. The van der Waals surface area contributed by atoms with E-state index < -0.39 is 5.60 Å². The van der Waals surface area contributed by atoms with E-state index in [9.17, 15) is 9.90 Å². The van der Waals surface area contributed by atoms with Crippen molar-refractivity contribution in [1.29, 1.82) is 0 Å². The van der Waals surface area contributed by atoms with Crippen LogP contribution in [-0.2, 0) is 0 Å². The van der Waals surface area contributed by atoms with Gasteiger partial charge in [0.15, 0.2) is 0 Å². The summed E-state index contributed by atoms with van der Waals surface area (Å²) < 4.78 is 0. The summed E-state index contributed by atoms with van der Waals surface area (Å²) in [5.41, 5.74) is -0.326. The van der Waals surface area contributed by atoms with Crippen LogP contribution in [-0.4, -0.2) is 34.9 Å². The van der Waals surface area contributed by atoms with E-state index in [1.165, 1.54) is 0 Å². The van der Waals surface area contributed by atoms with Crippen LogP contribution in [0.2, 0.25) is 0 Å². The Morgan fingerprint density at radius 2 is 1.94 bits per heavy atom. The Hall–Kier alpha value is -1.39. The van der Waals surface area contributed by atoms with Gasteiger partial charge in [-0.25, -0.2) is 0 Å². The molecule has 0 bridgehead atoms.